The van der Waals surface area contributed by atoms with Crippen molar-refractivity contribution >= 4 is 46.0 Å². The van der Waals surface area contributed by atoms with Crippen LogP contribution in [0.2, 0.25) is 0 Å². The lowest BCUT2D eigenvalue weighted by atomic mass is 10.2. The van der Waals surface area contributed by atoms with Crippen LogP contribution < -0.4 is 14.4 Å². The fraction of sp³-hybridized carbons (Fsp3) is 0.100. The van der Waals surface area contributed by atoms with Gasteiger partial charge in [-0.05, 0) is 35.9 Å². The van der Waals surface area contributed by atoms with Crippen molar-refractivity contribution in [2.75, 3.05) is 18.6 Å². The van der Waals surface area contributed by atoms with E-state index in [1.165, 1.54) is 16.7 Å². The van der Waals surface area contributed by atoms with Gasteiger partial charge in [0.25, 0.3) is 5.91 Å². The molecule has 132 valence electrons. The molecule has 1 amide bonds. The quantitative estimate of drug-likeness (QED) is 0.412. The second-order valence-electron chi connectivity index (χ2n) is 5.36. The van der Waals surface area contributed by atoms with Gasteiger partial charge in [0.2, 0.25) is 0 Å². The first-order valence-electron chi connectivity index (χ1n) is 7.89. The van der Waals surface area contributed by atoms with E-state index in [2.05, 4.69) is 6.58 Å². The molecule has 1 aliphatic rings. The third-order valence-corrected chi connectivity index (χ3v) is 4.97. The number of amides is 1. The molecule has 0 spiro atoms. The van der Waals surface area contributed by atoms with Crippen molar-refractivity contribution in [2.45, 2.75) is 0 Å². The molecule has 6 heteroatoms. The monoisotopic (exact) mass is 383 g/mol. The van der Waals surface area contributed by atoms with Crippen molar-refractivity contribution in [3.05, 3.63) is 71.7 Å². The summed E-state index contributed by atoms with van der Waals surface area (Å²) in [5.41, 5.74) is 1.55. The molecule has 3 rings (SSSR count). The number of nitrogens with zero attached hydrogens (tertiary/aromatic N) is 1. The van der Waals surface area contributed by atoms with Crippen molar-refractivity contribution in [3.8, 4) is 11.5 Å². The summed E-state index contributed by atoms with van der Waals surface area (Å²) >= 11 is 6.69. The highest BCUT2D eigenvalue weighted by Gasteiger charge is 2.34. The molecule has 2 aromatic rings. The zero-order valence-electron chi connectivity index (χ0n) is 14.2. The highest BCUT2D eigenvalue weighted by atomic mass is 32.2. The molecule has 1 fully saturated rings. The average Bonchev–Trinajstić information content (AvgIpc) is 2.94. The van der Waals surface area contributed by atoms with Gasteiger partial charge >= 0.3 is 0 Å². The molecule has 1 heterocycles. The van der Waals surface area contributed by atoms with E-state index < -0.39 is 0 Å². The topological polar surface area (TPSA) is 38.8 Å². The minimum atomic E-state index is -0.156. The highest BCUT2D eigenvalue weighted by molar-refractivity contribution is 8.27. The molecule has 4 nitrogen and oxygen atoms in total. The zero-order chi connectivity index (χ0) is 18.5. The number of rotatable bonds is 6. The minimum absolute atomic E-state index is 0.156. The Kier molecular flexibility index (Phi) is 5.75. The Hall–Kier alpha value is -2.57. The molecule has 0 atom stereocenters. The molecular formula is C20H17NO3S2. The van der Waals surface area contributed by atoms with Crippen molar-refractivity contribution in [2.24, 2.45) is 0 Å². The Morgan fingerprint density at radius 3 is 2.62 bits per heavy atom. The first-order chi connectivity index (χ1) is 12.6. The van der Waals surface area contributed by atoms with Gasteiger partial charge in [-0.1, -0.05) is 60.9 Å². The summed E-state index contributed by atoms with van der Waals surface area (Å²) in [5.74, 6) is 1.20. The predicted molar refractivity (Wildman–Crippen MR) is 111 cm³/mol. The number of carbonyl (C=O) groups excluding carboxylic acids is 1. The second kappa shape index (κ2) is 8.21. The molecule has 0 bridgehead atoms. The zero-order valence-corrected chi connectivity index (χ0v) is 15.8. The van der Waals surface area contributed by atoms with Gasteiger partial charge in [0, 0.05) is 0 Å². The first kappa shape index (κ1) is 18.2. The Morgan fingerprint density at radius 2 is 1.92 bits per heavy atom. The van der Waals surface area contributed by atoms with Crippen LogP contribution in [0.3, 0.4) is 0 Å². The van der Waals surface area contributed by atoms with Gasteiger partial charge in [0.15, 0.2) is 4.32 Å². The lowest BCUT2D eigenvalue weighted by molar-refractivity contribution is -0.113. The molecule has 0 radical (unpaired) electrons. The maximum Gasteiger partial charge on any atom is 0.270 e. The van der Waals surface area contributed by atoms with Crippen molar-refractivity contribution in [1.82, 2.24) is 0 Å². The molecule has 1 saturated heterocycles. The molecule has 0 N–H and O–H groups in total. The van der Waals surface area contributed by atoms with Crippen LogP contribution in [0.5, 0.6) is 11.5 Å². The van der Waals surface area contributed by atoms with Gasteiger partial charge in [-0.3, -0.25) is 9.69 Å². The number of thiocarbonyl (C=S) groups is 1. The highest BCUT2D eigenvalue weighted by Crippen LogP contribution is 2.39. The first-order valence-corrected chi connectivity index (χ1v) is 9.11. The number of anilines is 1. The Morgan fingerprint density at radius 1 is 1.19 bits per heavy atom. The summed E-state index contributed by atoms with van der Waals surface area (Å²) in [6.45, 7) is 4.08. The van der Waals surface area contributed by atoms with Gasteiger partial charge in [-0.15, -0.1) is 0 Å². The van der Waals surface area contributed by atoms with Gasteiger partial charge in [-0.2, -0.15) is 0 Å². The van der Waals surface area contributed by atoms with Gasteiger partial charge in [0.1, 0.15) is 18.1 Å². The fourth-order valence-electron chi connectivity index (χ4n) is 2.46. The lowest BCUT2D eigenvalue weighted by Crippen LogP contribution is -2.27. The van der Waals surface area contributed by atoms with E-state index in [9.17, 15) is 4.79 Å². The Balaban J connectivity index is 1.84. The number of thioether (sulfide) groups is 1. The number of carbonyl (C=O) groups is 1. The molecule has 0 unspecified atom stereocenters. The molecule has 2 aromatic carbocycles. The second-order valence-corrected chi connectivity index (χ2v) is 7.03. The van der Waals surface area contributed by atoms with Crippen LogP contribution in [0.15, 0.2) is 66.1 Å². The normalized spacial score (nSPS) is 15.4. The largest absolute Gasteiger partial charge is 0.495 e. The number of para-hydroxylation sites is 2. The van der Waals surface area contributed by atoms with E-state index in [-0.39, 0.29) is 5.91 Å². The number of methoxy groups -OCH3 is 1. The van der Waals surface area contributed by atoms with Crippen molar-refractivity contribution < 1.29 is 14.3 Å². The number of hydrogen-bond acceptors (Lipinski definition) is 5. The summed E-state index contributed by atoms with van der Waals surface area (Å²) in [7, 11) is 1.57. The number of benzene rings is 2. The summed E-state index contributed by atoms with van der Waals surface area (Å²) in [5, 5.41) is 0. The predicted octanol–water partition coefficient (Wildman–Crippen LogP) is 4.67. The van der Waals surface area contributed by atoms with E-state index in [0.717, 1.165) is 11.3 Å². The van der Waals surface area contributed by atoms with E-state index in [0.29, 0.717) is 27.3 Å². The van der Waals surface area contributed by atoms with Crippen LogP contribution in [0.25, 0.3) is 6.08 Å². The van der Waals surface area contributed by atoms with Gasteiger partial charge in [-0.25, -0.2) is 0 Å². The molecule has 26 heavy (non-hydrogen) atoms. The van der Waals surface area contributed by atoms with E-state index >= 15 is 0 Å². The SMILES string of the molecule is C=CCOc1ccc(C=C2SC(=S)N(c3ccccc3OC)C2=O)cc1. The summed E-state index contributed by atoms with van der Waals surface area (Å²) in [6.07, 6.45) is 3.52. The third-order valence-electron chi connectivity index (χ3n) is 3.67. The van der Waals surface area contributed by atoms with Crippen molar-refractivity contribution in [3.63, 3.8) is 0 Å². The summed E-state index contributed by atoms with van der Waals surface area (Å²) in [6, 6.07) is 14.8. The van der Waals surface area contributed by atoms with E-state index in [1.54, 1.807) is 19.3 Å². The molecule has 0 saturated carbocycles. The van der Waals surface area contributed by atoms with Crippen LogP contribution >= 0.6 is 24.0 Å². The van der Waals surface area contributed by atoms with Gasteiger partial charge < -0.3 is 9.47 Å². The summed E-state index contributed by atoms with van der Waals surface area (Å²) < 4.78 is 11.3. The van der Waals surface area contributed by atoms with E-state index in [4.69, 9.17) is 21.7 Å². The van der Waals surface area contributed by atoms with Crippen LogP contribution in [0, 0.1) is 0 Å². The average molecular weight is 383 g/mol. The maximum atomic E-state index is 12.9. The molecule has 0 aliphatic carbocycles. The summed E-state index contributed by atoms with van der Waals surface area (Å²) in [4.78, 5) is 14.9. The Labute approximate surface area is 162 Å². The standard InChI is InChI=1S/C20H17NO3S2/c1-3-12-24-15-10-8-14(9-11-15)13-18-19(22)21(20(25)26-18)16-6-4-5-7-17(16)23-2/h3-11,13H,1,12H2,2H3. The van der Waals surface area contributed by atoms with Crippen LogP contribution in [-0.4, -0.2) is 23.9 Å². The third kappa shape index (κ3) is 3.81. The molecule has 1 aliphatic heterocycles. The number of ether oxygens (including phenoxy) is 2. The van der Waals surface area contributed by atoms with Crippen LogP contribution in [0.4, 0.5) is 5.69 Å². The molecule has 0 aromatic heterocycles. The smallest absolute Gasteiger partial charge is 0.270 e. The van der Waals surface area contributed by atoms with Crippen LogP contribution in [0.1, 0.15) is 5.56 Å². The lowest BCUT2D eigenvalue weighted by Gasteiger charge is -2.17. The fourth-order valence-corrected chi connectivity index (χ4v) is 3.74. The van der Waals surface area contributed by atoms with Crippen LogP contribution in [-0.2, 0) is 4.79 Å². The molecular weight excluding hydrogens is 366 g/mol. The number of hydrogen-bond donors (Lipinski definition) is 0. The minimum Gasteiger partial charge on any atom is -0.495 e. The maximum absolute atomic E-state index is 12.9. The van der Waals surface area contributed by atoms with E-state index in [1.807, 2.05) is 48.5 Å². The van der Waals surface area contributed by atoms with Gasteiger partial charge in [0.05, 0.1) is 17.7 Å². The Bertz CT molecular complexity index is 875. The van der Waals surface area contributed by atoms with Crippen molar-refractivity contribution in [1.29, 1.82) is 0 Å².